The number of carbonyl (C=O) groups excluding carboxylic acids is 2. The van der Waals surface area contributed by atoms with Crippen LogP contribution in [0.15, 0.2) is 36.7 Å². The van der Waals surface area contributed by atoms with Crippen LogP contribution in [0.5, 0.6) is 0 Å². The topological polar surface area (TPSA) is 112 Å². The van der Waals surface area contributed by atoms with Gasteiger partial charge < -0.3 is 25.3 Å². The first-order valence-electron chi connectivity index (χ1n) is 13.8. The van der Waals surface area contributed by atoms with E-state index in [1.54, 1.807) is 11.1 Å². The summed E-state index contributed by atoms with van der Waals surface area (Å²) < 4.78 is 5.50. The van der Waals surface area contributed by atoms with Gasteiger partial charge in [0.05, 0.1) is 22.8 Å². The monoisotopic (exact) mass is 552 g/mol. The van der Waals surface area contributed by atoms with Crippen molar-refractivity contribution in [1.29, 1.82) is 0 Å². The molecule has 39 heavy (non-hydrogen) atoms. The van der Waals surface area contributed by atoms with E-state index in [4.69, 9.17) is 21.3 Å². The van der Waals surface area contributed by atoms with Crippen LogP contribution in [0.2, 0.25) is 5.02 Å². The number of para-hydroxylation sites is 1. The second kappa shape index (κ2) is 11.4. The van der Waals surface area contributed by atoms with Gasteiger partial charge in [-0.05, 0) is 65.4 Å². The maximum absolute atomic E-state index is 13.0. The summed E-state index contributed by atoms with van der Waals surface area (Å²) in [5, 5.41) is 8.27. The van der Waals surface area contributed by atoms with Crippen LogP contribution >= 0.6 is 11.6 Å². The van der Waals surface area contributed by atoms with Crippen molar-refractivity contribution in [2.45, 2.75) is 77.0 Å². The molecule has 1 unspecified atom stereocenters. The molecular formula is C29H37ClN6O3. The first kappa shape index (κ1) is 27.2. The third-order valence-electron chi connectivity index (χ3n) is 7.44. The fourth-order valence-electron chi connectivity index (χ4n) is 5.46. The predicted molar refractivity (Wildman–Crippen MR) is 153 cm³/mol. The minimum absolute atomic E-state index is 0.0315. The number of carbonyl (C=O) groups is 2. The molecule has 0 bridgehead atoms. The lowest BCUT2D eigenvalue weighted by Crippen LogP contribution is -2.49. The molecule has 0 spiro atoms. The third-order valence-corrected chi connectivity index (χ3v) is 7.72. The number of halogens is 1. The number of benzene rings is 1. The number of hydrogen-bond donors (Lipinski definition) is 3. The number of piperidine rings is 1. The Balaban J connectivity index is 1.13. The number of likely N-dealkylation sites (tertiary alicyclic amines) is 1. The van der Waals surface area contributed by atoms with Crippen molar-refractivity contribution in [3.63, 3.8) is 0 Å². The second-order valence-corrected chi connectivity index (χ2v) is 12.0. The molecule has 2 fully saturated rings. The van der Waals surface area contributed by atoms with Gasteiger partial charge >= 0.3 is 6.09 Å². The minimum atomic E-state index is -0.548. The van der Waals surface area contributed by atoms with Gasteiger partial charge in [-0.3, -0.25) is 4.79 Å². The van der Waals surface area contributed by atoms with Crippen molar-refractivity contribution in [3.05, 3.63) is 41.7 Å². The number of amides is 2. The van der Waals surface area contributed by atoms with Crippen LogP contribution in [-0.2, 0) is 9.53 Å². The Bertz CT molecular complexity index is 1330. The smallest absolute Gasteiger partial charge is 0.410 e. The van der Waals surface area contributed by atoms with E-state index in [0.29, 0.717) is 29.8 Å². The largest absolute Gasteiger partial charge is 0.444 e. The molecule has 1 saturated carbocycles. The van der Waals surface area contributed by atoms with Gasteiger partial charge in [0.15, 0.2) is 0 Å². The number of H-pyrrole nitrogens is 1. The van der Waals surface area contributed by atoms with Crippen LogP contribution in [0.1, 0.15) is 59.3 Å². The van der Waals surface area contributed by atoms with Crippen LogP contribution < -0.4 is 10.6 Å². The summed E-state index contributed by atoms with van der Waals surface area (Å²) in [5.74, 6) is 0.383. The highest BCUT2D eigenvalue weighted by Crippen LogP contribution is 2.33. The van der Waals surface area contributed by atoms with Crippen LogP contribution in [-0.4, -0.2) is 62.6 Å². The van der Waals surface area contributed by atoms with E-state index in [2.05, 4.69) is 20.6 Å². The van der Waals surface area contributed by atoms with Crippen molar-refractivity contribution in [1.82, 2.24) is 25.2 Å². The van der Waals surface area contributed by atoms with E-state index in [9.17, 15) is 9.59 Å². The van der Waals surface area contributed by atoms with Crippen molar-refractivity contribution in [2.24, 2.45) is 5.92 Å². The number of nitrogens with one attached hydrogen (secondary N) is 3. The molecule has 3 aromatic rings. The Morgan fingerprint density at radius 2 is 1.85 bits per heavy atom. The second-order valence-electron chi connectivity index (χ2n) is 11.6. The summed E-state index contributed by atoms with van der Waals surface area (Å²) in [6, 6.07) is 8.40. The lowest BCUT2D eigenvalue weighted by Gasteiger charge is -2.35. The van der Waals surface area contributed by atoms with E-state index in [0.717, 1.165) is 55.0 Å². The van der Waals surface area contributed by atoms with E-state index in [1.807, 2.05) is 51.2 Å². The number of aromatic amines is 1. The average Bonchev–Trinajstić information content (AvgIpc) is 3.34. The highest BCUT2D eigenvalue weighted by Gasteiger charge is 2.32. The number of aromatic nitrogens is 3. The van der Waals surface area contributed by atoms with E-state index >= 15 is 0 Å². The normalized spacial score (nSPS) is 21.9. The zero-order chi connectivity index (χ0) is 27.6. The molecule has 2 aliphatic rings. The molecule has 1 aliphatic carbocycles. The Morgan fingerprint density at radius 3 is 2.62 bits per heavy atom. The molecule has 2 aromatic heterocycles. The highest BCUT2D eigenvalue weighted by atomic mass is 35.5. The standard InChI is InChI=1S/C29H37ClN6O3/c1-29(2,3)39-28(38)36-14-6-7-18(17-36)26(37)33-19-10-12-20(13-11-19)34-27-32-16-23(30)25(35-27)22-15-31-24-9-5-4-8-21(22)24/h4-5,8-9,15-16,18-20,31H,6-7,10-14,17H2,1-3H3,(H,33,37)(H,32,34,35)/t18?,19-,20-. The molecule has 3 N–H and O–H groups in total. The molecule has 208 valence electrons. The maximum atomic E-state index is 13.0. The Morgan fingerprint density at radius 1 is 1.10 bits per heavy atom. The number of nitrogens with zero attached hydrogens (tertiary/aromatic N) is 3. The van der Waals surface area contributed by atoms with Crippen molar-refractivity contribution in [3.8, 4) is 11.3 Å². The number of hydrogen-bond acceptors (Lipinski definition) is 6. The van der Waals surface area contributed by atoms with Crippen LogP contribution in [0.4, 0.5) is 10.7 Å². The highest BCUT2D eigenvalue weighted by molar-refractivity contribution is 6.33. The molecule has 1 aromatic carbocycles. The van der Waals surface area contributed by atoms with Crippen LogP contribution in [0, 0.1) is 5.92 Å². The maximum Gasteiger partial charge on any atom is 0.410 e. The number of anilines is 1. The summed E-state index contributed by atoms with van der Waals surface area (Å²) in [4.78, 5) is 39.6. The lowest BCUT2D eigenvalue weighted by atomic mass is 9.90. The molecule has 1 aliphatic heterocycles. The average molecular weight is 553 g/mol. The Hall–Kier alpha value is -3.33. The van der Waals surface area contributed by atoms with Gasteiger partial charge in [-0.25, -0.2) is 14.8 Å². The van der Waals surface area contributed by atoms with Crippen LogP contribution in [0.3, 0.4) is 0 Å². The molecule has 0 radical (unpaired) electrons. The Labute approximate surface area is 234 Å². The summed E-state index contributed by atoms with van der Waals surface area (Å²) in [7, 11) is 0. The predicted octanol–water partition coefficient (Wildman–Crippen LogP) is 5.76. The zero-order valence-corrected chi connectivity index (χ0v) is 23.6. The van der Waals surface area contributed by atoms with Crippen LogP contribution in [0.25, 0.3) is 22.2 Å². The molecule has 1 atom stereocenters. The van der Waals surface area contributed by atoms with Gasteiger partial charge in [-0.15, -0.1) is 0 Å². The van der Waals surface area contributed by atoms with Crippen molar-refractivity contribution >= 4 is 40.5 Å². The molecule has 2 amide bonds. The molecule has 9 nitrogen and oxygen atoms in total. The first-order chi connectivity index (χ1) is 18.7. The Kier molecular flexibility index (Phi) is 7.98. The molecule has 5 rings (SSSR count). The zero-order valence-electron chi connectivity index (χ0n) is 22.8. The SMILES string of the molecule is CC(C)(C)OC(=O)N1CCCC(C(=O)N[C@H]2CC[C@H](Nc3ncc(Cl)c(-c4c[nH]c5ccccc45)n3)CC2)C1. The summed E-state index contributed by atoms with van der Waals surface area (Å²) in [6.07, 6.45) is 8.35. The third kappa shape index (κ3) is 6.64. The minimum Gasteiger partial charge on any atom is -0.444 e. The molecule has 1 saturated heterocycles. The fraction of sp³-hybridized carbons (Fsp3) is 0.517. The molecule has 3 heterocycles. The van der Waals surface area contributed by atoms with Crippen molar-refractivity contribution < 1.29 is 14.3 Å². The van der Waals surface area contributed by atoms with Crippen molar-refractivity contribution in [2.75, 3.05) is 18.4 Å². The van der Waals surface area contributed by atoms with E-state index in [-0.39, 0.29) is 30.0 Å². The molecular weight excluding hydrogens is 516 g/mol. The van der Waals surface area contributed by atoms with Gasteiger partial charge in [-0.2, -0.15) is 0 Å². The summed E-state index contributed by atoms with van der Waals surface area (Å²) in [5.41, 5.74) is 2.12. The van der Waals surface area contributed by atoms with Gasteiger partial charge in [-0.1, -0.05) is 29.8 Å². The number of rotatable bonds is 5. The quantitative estimate of drug-likeness (QED) is 0.371. The lowest BCUT2D eigenvalue weighted by molar-refractivity contribution is -0.127. The number of ether oxygens (including phenoxy) is 1. The number of fused-ring (bicyclic) bond motifs is 1. The fourth-order valence-corrected chi connectivity index (χ4v) is 5.65. The molecule has 10 heteroatoms. The van der Waals surface area contributed by atoms with E-state index < -0.39 is 5.60 Å². The summed E-state index contributed by atoms with van der Waals surface area (Å²) >= 11 is 6.48. The first-order valence-corrected chi connectivity index (χ1v) is 14.2. The van der Waals surface area contributed by atoms with E-state index in [1.165, 1.54) is 0 Å². The van der Waals surface area contributed by atoms with Gasteiger partial charge in [0, 0.05) is 47.8 Å². The van der Waals surface area contributed by atoms with Gasteiger partial charge in [0.1, 0.15) is 5.60 Å². The van der Waals surface area contributed by atoms with Gasteiger partial charge in [0.2, 0.25) is 11.9 Å². The van der Waals surface area contributed by atoms with Gasteiger partial charge in [0.25, 0.3) is 0 Å². The summed E-state index contributed by atoms with van der Waals surface area (Å²) in [6.45, 7) is 6.60.